The van der Waals surface area contributed by atoms with Crippen LogP contribution in [0.4, 0.5) is 22.0 Å². The molecule has 5 N–H and O–H groups in total. The standard InChI is InChI=1S/C20H18N6O/c1-12-11-15(9-10-22-12)24-20(27)23-14-7-5-13(6-8-14)16-3-2-4-17-18(16)19(21)26-25-17/h2-11H,1H3,(H3,21,25,26)(H2,22,23,24,27). The number of hydrogen-bond donors (Lipinski definition) is 4. The van der Waals surface area contributed by atoms with Crippen LogP contribution in [0.25, 0.3) is 22.0 Å². The molecule has 7 heteroatoms. The van der Waals surface area contributed by atoms with Crippen molar-refractivity contribution in [3.05, 3.63) is 66.5 Å². The maximum atomic E-state index is 12.2. The molecule has 0 saturated carbocycles. The van der Waals surface area contributed by atoms with Crippen LogP contribution >= 0.6 is 0 Å². The summed E-state index contributed by atoms with van der Waals surface area (Å²) < 4.78 is 0. The van der Waals surface area contributed by atoms with E-state index in [2.05, 4.69) is 25.8 Å². The van der Waals surface area contributed by atoms with Gasteiger partial charge in [0.25, 0.3) is 0 Å². The first-order valence-corrected chi connectivity index (χ1v) is 8.44. The second-order valence-corrected chi connectivity index (χ2v) is 6.18. The van der Waals surface area contributed by atoms with Crippen LogP contribution in [-0.2, 0) is 0 Å². The Morgan fingerprint density at radius 2 is 1.81 bits per heavy atom. The van der Waals surface area contributed by atoms with Crippen molar-refractivity contribution >= 4 is 34.1 Å². The van der Waals surface area contributed by atoms with Gasteiger partial charge in [-0.15, -0.1) is 0 Å². The second kappa shape index (κ2) is 6.80. The maximum absolute atomic E-state index is 12.2. The van der Waals surface area contributed by atoms with E-state index in [0.717, 1.165) is 27.7 Å². The number of rotatable bonds is 3. The summed E-state index contributed by atoms with van der Waals surface area (Å²) in [6, 6.07) is 16.7. The van der Waals surface area contributed by atoms with Crippen LogP contribution in [0.2, 0.25) is 0 Å². The number of aryl methyl sites for hydroxylation is 1. The number of H-pyrrole nitrogens is 1. The van der Waals surface area contributed by atoms with Gasteiger partial charge in [0.2, 0.25) is 0 Å². The SMILES string of the molecule is Cc1cc(NC(=O)Nc2ccc(-c3cccc4[nH]nc(N)c34)cc2)ccn1. The highest BCUT2D eigenvalue weighted by Gasteiger charge is 2.10. The van der Waals surface area contributed by atoms with Gasteiger partial charge in [0, 0.05) is 23.3 Å². The highest BCUT2D eigenvalue weighted by molar-refractivity contribution is 6.02. The topological polar surface area (TPSA) is 109 Å². The number of hydrogen-bond acceptors (Lipinski definition) is 4. The summed E-state index contributed by atoms with van der Waals surface area (Å²) in [6.07, 6.45) is 1.65. The minimum absolute atomic E-state index is 0.311. The number of aromatic amines is 1. The molecule has 0 unspecified atom stereocenters. The van der Waals surface area contributed by atoms with E-state index >= 15 is 0 Å². The van der Waals surface area contributed by atoms with E-state index in [1.807, 2.05) is 49.4 Å². The van der Waals surface area contributed by atoms with Crippen molar-refractivity contribution in [1.82, 2.24) is 15.2 Å². The molecule has 27 heavy (non-hydrogen) atoms. The number of nitrogens with two attached hydrogens (primary N) is 1. The second-order valence-electron chi connectivity index (χ2n) is 6.18. The van der Waals surface area contributed by atoms with Crippen molar-refractivity contribution < 1.29 is 4.79 Å². The smallest absolute Gasteiger partial charge is 0.323 e. The number of benzene rings is 2. The van der Waals surface area contributed by atoms with Crippen LogP contribution in [0.3, 0.4) is 0 Å². The molecule has 7 nitrogen and oxygen atoms in total. The Bertz CT molecular complexity index is 1120. The lowest BCUT2D eigenvalue weighted by atomic mass is 10.0. The molecule has 2 amide bonds. The molecule has 2 aromatic heterocycles. The number of urea groups is 1. The number of nitrogens with one attached hydrogen (secondary N) is 3. The number of carbonyl (C=O) groups is 1. The van der Waals surface area contributed by atoms with E-state index in [1.54, 1.807) is 18.3 Å². The number of carbonyl (C=O) groups excluding carboxylic acids is 1. The van der Waals surface area contributed by atoms with Crippen molar-refractivity contribution in [3.63, 3.8) is 0 Å². The monoisotopic (exact) mass is 358 g/mol. The van der Waals surface area contributed by atoms with Gasteiger partial charge in [0.05, 0.1) is 10.9 Å². The van der Waals surface area contributed by atoms with E-state index < -0.39 is 0 Å². The third kappa shape index (κ3) is 3.43. The van der Waals surface area contributed by atoms with Crippen LogP contribution < -0.4 is 16.4 Å². The van der Waals surface area contributed by atoms with Gasteiger partial charge in [-0.05, 0) is 48.4 Å². The summed E-state index contributed by atoms with van der Waals surface area (Å²) in [6.45, 7) is 1.87. The van der Waals surface area contributed by atoms with Crippen LogP contribution in [0.1, 0.15) is 5.69 Å². The Balaban J connectivity index is 1.52. The summed E-state index contributed by atoms with van der Waals surface area (Å²) >= 11 is 0. The van der Waals surface area contributed by atoms with Gasteiger partial charge in [-0.3, -0.25) is 10.1 Å². The molecule has 0 saturated heterocycles. The van der Waals surface area contributed by atoms with Crippen molar-refractivity contribution in [2.45, 2.75) is 6.92 Å². The highest BCUT2D eigenvalue weighted by atomic mass is 16.2. The molecular formula is C20H18N6O. The summed E-state index contributed by atoms with van der Waals surface area (Å²) in [7, 11) is 0. The molecule has 0 spiro atoms. The highest BCUT2D eigenvalue weighted by Crippen LogP contribution is 2.31. The summed E-state index contributed by atoms with van der Waals surface area (Å²) in [5.41, 5.74) is 11.1. The van der Waals surface area contributed by atoms with Gasteiger partial charge >= 0.3 is 6.03 Å². The molecule has 0 aliphatic rings. The molecule has 0 aliphatic carbocycles. The van der Waals surface area contributed by atoms with Crippen LogP contribution in [-0.4, -0.2) is 21.2 Å². The molecule has 4 aromatic rings. The van der Waals surface area contributed by atoms with E-state index in [1.165, 1.54) is 0 Å². The fourth-order valence-corrected chi connectivity index (χ4v) is 2.99. The van der Waals surface area contributed by atoms with Crippen molar-refractivity contribution in [2.24, 2.45) is 0 Å². The number of nitrogens with zero attached hydrogens (tertiary/aromatic N) is 2. The zero-order valence-electron chi connectivity index (χ0n) is 14.7. The molecule has 4 rings (SSSR count). The largest absolute Gasteiger partial charge is 0.382 e. The van der Waals surface area contributed by atoms with E-state index in [0.29, 0.717) is 17.2 Å². The van der Waals surface area contributed by atoms with Gasteiger partial charge in [-0.1, -0.05) is 24.3 Å². The van der Waals surface area contributed by atoms with Gasteiger partial charge in [0.1, 0.15) is 0 Å². The Morgan fingerprint density at radius 1 is 1.04 bits per heavy atom. The average molecular weight is 358 g/mol. The molecular weight excluding hydrogens is 340 g/mol. The summed E-state index contributed by atoms with van der Waals surface area (Å²) in [4.78, 5) is 16.3. The van der Waals surface area contributed by atoms with Crippen LogP contribution in [0.5, 0.6) is 0 Å². The predicted molar refractivity (Wildman–Crippen MR) is 108 cm³/mol. The zero-order valence-corrected chi connectivity index (χ0v) is 14.7. The predicted octanol–water partition coefficient (Wildman–Crippen LogP) is 4.16. The zero-order chi connectivity index (χ0) is 18.8. The normalized spacial score (nSPS) is 10.7. The van der Waals surface area contributed by atoms with Gasteiger partial charge in [-0.2, -0.15) is 5.10 Å². The first kappa shape index (κ1) is 16.6. The number of fused-ring (bicyclic) bond motifs is 1. The minimum Gasteiger partial charge on any atom is -0.382 e. The molecule has 2 heterocycles. The third-order valence-electron chi connectivity index (χ3n) is 4.23. The van der Waals surface area contributed by atoms with E-state index in [9.17, 15) is 4.79 Å². The van der Waals surface area contributed by atoms with E-state index in [-0.39, 0.29) is 6.03 Å². The van der Waals surface area contributed by atoms with Crippen LogP contribution in [0.15, 0.2) is 60.8 Å². The lowest BCUT2D eigenvalue weighted by Crippen LogP contribution is -2.19. The first-order valence-electron chi connectivity index (χ1n) is 8.44. The number of amides is 2. The molecule has 134 valence electrons. The number of nitrogen functional groups attached to an aromatic ring is 1. The quantitative estimate of drug-likeness (QED) is 0.441. The average Bonchev–Trinajstić information content (AvgIpc) is 3.04. The Labute approximate surface area is 155 Å². The summed E-state index contributed by atoms with van der Waals surface area (Å²) in [5.74, 6) is 0.467. The van der Waals surface area contributed by atoms with Gasteiger partial charge in [0.15, 0.2) is 5.82 Å². The Kier molecular flexibility index (Phi) is 4.18. The molecule has 0 bridgehead atoms. The van der Waals surface area contributed by atoms with Crippen LogP contribution in [0, 0.1) is 6.92 Å². The Hall–Kier alpha value is -3.87. The van der Waals surface area contributed by atoms with Crippen molar-refractivity contribution in [2.75, 3.05) is 16.4 Å². The number of pyridine rings is 1. The molecule has 0 aliphatic heterocycles. The molecule has 2 aromatic carbocycles. The fourth-order valence-electron chi connectivity index (χ4n) is 2.99. The molecule has 0 fully saturated rings. The van der Waals surface area contributed by atoms with Crippen molar-refractivity contribution in [1.29, 1.82) is 0 Å². The first-order chi connectivity index (χ1) is 13.1. The van der Waals surface area contributed by atoms with Gasteiger partial charge < -0.3 is 16.4 Å². The molecule has 0 radical (unpaired) electrons. The third-order valence-corrected chi connectivity index (χ3v) is 4.23. The van der Waals surface area contributed by atoms with Crippen molar-refractivity contribution in [3.8, 4) is 11.1 Å². The lowest BCUT2D eigenvalue weighted by molar-refractivity contribution is 0.262. The van der Waals surface area contributed by atoms with Gasteiger partial charge in [-0.25, -0.2) is 4.79 Å². The Morgan fingerprint density at radius 3 is 2.59 bits per heavy atom. The minimum atomic E-state index is -0.311. The maximum Gasteiger partial charge on any atom is 0.323 e. The lowest BCUT2D eigenvalue weighted by Gasteiger charge is -2.09. The summed E-state index contributed by atoms with van der Waals surface area (Å²) in [5, 5.41) is 13.5. The number of aromatic nitrogens is 3. The molecule has 0 atom stereocenters. The fraction of sp³-hybridized carbons (Fsp3) is 0.0500. The van der Waals surface area contributed by atoms with E-state index in [4.69, 9.17) is 5.73 Å². The number of anilines is 3.